The highest BCUT2D eigenvalue weighted by Crippen LogP contribution is 2.35. The Morgan fingerprint density at radius 1 is 0.926 bits per heavy atom. The number of aromatic nitrogens is 4. The molecule has 0 atom stereocenters. The fourth-order valence-corrected chi connectivity index (χ4v) is 2.88. The van der Waals surface area contributed by atoms with Crippen LogP contribution in [0.2, 0.25) is 0 Å². The first kappa shape index (κ1) is 16.6. The van der Waals surface area contributed by atoms with Crippen molar-refractivity contribution in [3.8, 4) is 39.7 Å². The maximum absolute atomic E-state index is 5.87. The number of pyridine rings is 2. The number of imidazole rings is 1. The van der Waals surface area contributed by atoms with Crippen molar-refractivity contribution in [1.82, 2.24) is 19.9 Å². The molecule has 0 aliphatic heterocycles. The Hall–Kier alpha value is -3.87. The Morgan fingerprint density at radius 3 is 2.48 bits per heavy atom. The zero-order chi connectivity index (χ0) is 18.8. The molecule has 4 aromatic rings. The summed E-state index contributed by atoms with van der Waals surface area (Å²) in [5.74, 6) is 2.00. The van der Waals surface area contributed by atoms with Crippen molar-refractivity contribution in [1.29, 1.82) is 0 Å². The highest BCUT2D eigenvalue weighted by Gasteiger charge is 2.17. The van der Waals surface area contributed by atoms with Gasteiger partial charge in [0.05, 0.1) is 18.5 Å². The molecule has 0 radical (unpaired) electrons. The first-order valence-corrected chi connectivity index (χ1v) is 8.33. The van der Waals surface area contributed by atoms with E-state index >= 15 is 0 Å². The third-order valence-electron chi connectivity index (χ3n) is 4.20. The summed E-state index contributed by atoms with van der Waals surface area (Å²) >= 11 is 0. The van der Waals surface area contributed by atoms with Gasteiger partial charge in [0.1, 0.15) is 11.6 Å². The van der Waals surface area contributed by atoms with E-state index in [2.05, 4.69) is 15.0 Å². The molecule has 5 N–H and O–H groups in total. The Labute approximate surface area is 156 Å². The van der Waals surface area contributed by atoms with Crippen LogP contribution in [0.3, 0.4) is 0 Å². The van der Waals surface area contributed by atoms with E-state index in [0.29, 0.717) is 17.4 Å². The molecule has 134 valence electrons. The maximum atomic E-state index is 5.87. The summed E-state index contributed by atoms with van der Waals surface area (Å²) in [5, 5.41) is 0. The van der Waals surface area contributed by atoms with Crippen molar-refractivity contribution in [3.05, 3.63) is 60.9 Å². The molecule has 3 heterocycles. The number of nitrogens with zero attached hydrogens (tertiary/aromatic N) is 3. The Morgan fingerprint density at radius 2 is 1.74 bits per heavy atom. The predicted molar refractivity (Wildman–Crippen MR) is 106 cm³/mol. The third kappa shape index (κ3) is 3.18. The summed E-state index contributed by atoms with van der Waals surface area (Å²) < 4.78 is 5.31. The number of hydrogen-bond acceptors (Lipinski definition) is 6. The van der Waals surface area contributed by atoms with Crippen LogP contribution >= 0.6 is 0 Å². The number of nitrogens with one attached hydrogen (secondary N) is 1. The van der Waals surface area contributed by atoms with Crippen LogP contribution in [0.25, 0.3) is 33.9 Å². The number of ether oxygens (including phenoxy) is 1. The highest BCUT2D eigenvalue weighted by molar-refractivity contribution is 5.82. The smallest absolute Gasteiger partial charge is 0.166 e. The molecule has 0 saturated carbocycles. The van der Waals surface area contributed by atoms with E-state index in [9.17, 15) is 0 Å². The van der Waals surface area contributed by atoms with Crippen molar-refractivity contribution >= 4 is 11.6 Å². The number of H-pyrrole nitrogens is 1. The first-order valence-electron chi connectivity index (χ1n) is 8.33. The monoisotopic (exact) mass is 358 g/mol. The minimum absolute atomic E-state index is 0.328. The zero-order valence-electron chi connectivity index (χ0n) is 14.7. The van der Waals surface area contributed by atoms with Crippen LogP contribution in [-0.4, -0.2) is 27.0 Å². The minimum Gasteiger partial charge on any atom is -0.493 e. The van der Waals surface area contributed by atoms with Gasteiger partial charge in [0, 0.05) is 29.1 Å². The number of aromatic amines is 1. The second kappa shape index (κ2) is 6.80. The van der Waals surface area contributed by atoms with E-state index in [-0.39, 0.29) is 0 Å². The number of nitrogens with two attached hydrogens (primary N) is 2. The lowest BCUT2D eigenvalue weighted by atomic mass is 10.1. The van der Waals surface area contributed by atoms with Crippen molar-refractivity contribution in [2.45, 2.75) is 0 Å². The summed E-state index contributed by atoms with van der Waals surface area (Å²) in [6.07, 6.45) is 3.34. The van der Waals surface area contributed by atoms with Crippen molar-refractivity contribution < 1.29 is 4.74 Å². The Balaban J connectivity index is 1.92. The largest absolute Gasteiger partial charge is 0.493 e. The van der Waals surface area contributed by atoms with E-state index in [0.717, 1.165) is 33.9 Å². The van der Waals surface area contributed by atoms with Gasteiger partial charge in [0.15, 0.2) is 11.6 Å². The van der Waals surface area contributed by atoms with Gasteiger partial charge in [-0.1, -0.05) is 30.3 Å². The molecule has 0 aliphatic rings. The average molecular weight is 358 g/mol. The standard InChI is InChI=1S/C20H18N6O/c1-27-15-9-14(11-24-19(15)22)18-17(13-7-8-23-16(21)10-13)25-20(26-18)12-5-3-2-4-6-12/h2-11H,1H3,(H2,21,23)(H2,22,24)(H,25,26). The SMILES string of the molecule is COc1cc(-c2nc(-c3ccccc3)[nH]c2-c2ccnc(N)c2)cnc1N. The molecular weight excluding hydrogens is 340 g/mol. The number of benzene rings is 1. The van der Waals surface area contributed by atoms with Crippen molar-refractivity contribution in [2.24, 2.45) is 0 Å². The molecule has 4 rings (SSSR count). The van der Waals surface area contributed by atoms with Crippen LogP contribution in [0.1, 0.15) is 0 Å². The number of rotatable bonds is 4. The van der Waals surface area contributed by atoms with Crippen molar-refractivity contribution in [3.63, 3.8) is 0 Å². The maximum Gasteiger partial charge on any atom is 0.166 e. The molecule has 0 amide bonds. The molecular formula is C20H18N6O. The summed E-state index contributed by atoms with van der Waals surface area (Å²) in [4.78, 5) is 16.5. The molecule has 7 heteroatoms. The molecule has 27 heavy (non-hydrogen) atoms. The lowest BCUT2D eigenvalue weighted by Crippen LogP contribution is -1.96. The normalized spacial score (nSPS) is 10.7. The number of hydrogen-bond donors (Lipinski definition) is 3. The van der Waals surface area contributed by atoms with E-state index in [1.807, 2.05) is 42.5 Å². The molecule has 0 bridgehead atoms. The average Bonchev–Trinajstić information content (AvgIpc) is 3.14. The lowest BCUT2D eigenvalue weighted by molar-refractivity contribution is 0.415. The van der Waals surface area contributed by atoms with Crippen LogP contribution in [0.15, 0.2) is 60.9 Å². The van der Waals surface area contributed by atoms with Crippen LogP contribution in [0.4, 0.5) is 11.6 Å². The number of nitrogen functional groups attached to an aromatic ring is 2. The number of methoxy groups -OCH3 is 1. The molecule has 0 fully saturated rings. The first-order chi connectivity index (χ1) is 13.2. The highest BCUT2D eigenvalue weighted by atomic mass is 16.5. The second-order valence-electron chi connectivity index (χ2n) is 5.96. The number of anilines is 2. The van der Waals surface area contributed by atoms with Gasteiger partial charge < -0.3 is 21.2 Å². The van der Waals surface area contributed by atoms with E-state index < -0.39 is 0 Å². The van der Waals surface area contributed by atoms with Gasteiger partial charge >= 0.3 is 0 Å². The van der Waals surface area contributed by atoms with Crippen molar-refractivity contribution in [2.75, 3.05) is 18.6 Å². The molecule has 0 spiro atoms. The summed E-state index contributed by atoms with van der Waals surface area (Å²) in [6.45, 7) is 0. The van der Waals surface area contributed by atoms with E-state index in [4.69, 9.17) is 21.2 Å². The molecule has 3 aromatic heterocycles. The van der Waals surface area contributed by atoms with Crippen LogP contribution in [0, 0.1) is 0 Å². The van der Waals surface area contributed by atoms with Gasteiger partial charge in [0.2, 0.25) is 0 Å². The molecule has 1 aromatic carbocycles. The van der Waals surface area contributed by atoms with E-state index in [1.54, 1.807) is 25.6 Å². The fraction of sp³-hybridized carbons (Fsp3) is 0.0500. The van der Waals surface area contributed by atoms with Gasteiger partial charge in [-0.05, 0) is 18.2 Å². The molecule has 0 aliphatic carbocycles. The lowest BCUT2D eigenvalue weighted by Gasteiger charge is -2.07. The zero-order valence-corrected chi connectivity index (χ0v) is 14.7. The summed E-state index contributed by atoms with van der Waals surface area (Å²) in [5.41, 5.74) is 15.9. The van der Waals surface area contributed by atoms with E-state index in [1.165, 1.54) is 0 Å². The quantitative estimate of drug-likeness (QED) is 0.515. The van der Waals surface area contributed by atoms with Crippen LogP contribution < -0.4 is 16.2 Å². The predicted octanol–water partition coefficient (Wildman–Crippen LogP) is 3.37. The third-order valence-corrected chi connectivity index (χ3v) is 4.20. The molecule has 0 saturated heterocycles. The molecule has 7 nitrogen and oxygen atoms in total. The van der Waals surface area contributed by atoms with Gasteiger partial charge in [-0.2, -0.15) is 0 Å². The Kier molecular flexibility index (Phi) is 4.18. The topological polar surface area (TPSA) is 116 Å². The minimum atomic E-state index is 0.328. The molecule has 0 unspecified atom stereocenters. The van der Waals surface area contributed by atoms with Gasteiger partial charge in [-0.25, -0.2) is 15.0 Å². The van der Waals surface area contributed by atoms with Gasteiger partial charge in [-0.3, -0.25) is 0 Å². The second-order valence-corrected chi connectivity index (χ2v) is 5.96. The summed E-state index contributed by atoms with van der Waals surface area (Å²) in [6, 6.07) is 15.4. The van der Waals surface area contributed by atoms with Gasteiger partial charge in [0.25, 0.3) is 0 Å². The van der Waals surface area contributed by atoms with Gasteiger partial charge in [-0.15, -0.1) is 0 Å². The Bertz CT molecular complexity index is 1090. The van der Waals surface area contributed by atoms with Crippen LogP contribution in [0.5, 0.6) is 5.75 Å². The van der Waals surface area contributed by atoms with Crippen LogP contribution in [-0.2, 0) is 0 Å². The summed E-state index contributed by atoms with van der Waals surface area (Å²) in [7, 11) is 1.56. The fourth-order valence-electron chi connectivity index (χ4n) is 2.88.